The number of carboxylic acid groups (broad SMARTS) is 1. The number of aliphatic carboxylic acids is 1. The van der Waals surface area contributed by atoms with E-state index in [0.29, 0.717) is 25.7 Å². The van der Waals surface area contributed by atoms with E-state index in [2.05, 4.69) is 0 Å². The van der Waals surface area contributed by atoms with Gasteiger partial charge in [0.25, 0.3) is 0 Å². The van der Waals surface area contributed by atoms with Gasteiger partial charge in [0, 0.05) is 19.0 Å². The van der Waals surface area contributed by atoms with Gasteiger partial charge in [-0.15, -0.1) is 0 Å². The van der Waals surface area contributed by atoms with Crippen LogP contribution in [0.25, 0.3) is 0 Å². The van der Waals surface area contributed by atoms with Gasteiger partial charge in [0.05, 0.1) is 18.6 Å². The Bertz CT molecular complexity index is 365. The lowest BCUT2D eigenvalue weighted by atomic mass is 9.81. The van der Waals surface area contributed by atoms with E-state index in [1.54, 1.807) is 4.90 Å². The van der Waals surface area contributed by atoms with Gasteiger partial charge in [0.1, 0.15) is 0 Å². The van der Waals surface area contributed by atoms with Crippen LogP contribution in [0.2, 0.25) is 0 Å². The van der Waals surface area contributed by atoms with E-state index < -0.39 is 11.9 Å². The monoisotopic (exact) mass is 283 g/mol. The van der Waals surface area contributed by atoms with Crippen LogP contribution in [0.5, 0.6) is 0 Å². The van der Waals surface area contributed by atoms with Crippen LogP contribution >= 0.6 is 0 Å². The van der Waals surface area contributed by atoms with Crippen LogP contribution < -0.4 is 0 Å². The Labute approximate surface area is 120 Å². The lowest BCUT2D eigenvalue weighted by Gasteiger charge is -2.40. The van der Waals surface area contributed by atoms with Gasteiger partial charge in [-0.25, -0.2) is 0 Å². The summed E-state index contributed by atoms with van der Waals surface area (Å²) in [5.41, 5.74) is 0. The van der Waals surface area contributed by atoms with Crippen molar-refractivity contribution in [2.24, 2.45) is 11.8 Å². The summed E-state index contributed by atoms with van der Waals surface area (Å²) in [6.07, 6.45) is 5.32. The number of piperidine rings is 1. The van der Waals surface area contributed by atoms with Crippen LogP contribution in [0.4, 0.5) is 0 Å². The molecule has 114 valence electrons. The molecule has 1 aliphatic carbocycles. The standard InChI is InChI=1S/C15H25NO4/c1-10-9-13(17)16(11(2)14(10)15(18)19)7-8-20-12-5-3-4-6-12/h10-12,14H,3-9H2,1-2H3,(H,18,19). The molecule has 1 heterocycles. The first-order chi connectivity index (χ1) is 9.50. The predicted molar refractivity (Wildman–Crippen MR) is 74.3 cm³/mol. The number of hydrogen-bond acceptors (Lipinski definition) is 3. The van der Waals surface area contributed by atoms with Crippen molar-refractivity contribution < 1.29 is 19.4 Å². The van der Waals surface area contributed by atoms with Gasteiger partial charge in [0.15, 0.2) is 0 Å². The Hall–Kier alpha value is -1.10. The van der Waals surface area contributed by atoms with Crippen molar-refractivity contribution >= 4 is 11.9 Å². The summed E-state index contributed by atoms with van der Waals surface area (Å²) >= 11 is 0. The summed E-state index contributed by atoms with van der Waals surface area (Å²) in [4.78, 5) is 25.1. The number of carboxylic acids is 1. The van der Waals surface area contributed by atoms with Gasteiger partial charge in [-0.2, -0.15) is 0 Å². The van der Waals surface area contributed by atoms with Gasteiger partial charge >= 0.3 is 5.97 Å². The van der Waals surface area contributed by atoms with E-state index in [1.165, 1.54) is 12.8 Å². The van der Waals surface area contributed by atoms with Crippen LogP contribution in [0.3, 0.4) is 0 Å². The zero-order chi connectivity index (χ0) is 14.7. The van der Waals surface area contributed by atoms with E-state index in [0.717, 1.165) is 12.8 Å². The molecule has 3 unspecified atom stereocenters. The van der Waals surface area contributed by atoms with Crippen LogP contribution in [-0.2, 0) is 14.3 Å². The summed E-state index contributed by atoms with van der Waals surface area (Å²) in [5, 5.41) is 9.31. The highest BCUT2D eigenvalue weighted by Gasteiger charge is 2.41. The lowest BCUT2D eigenvalue weighted by molar-refractivity contribution is -0.155. The number of carbonyl (C=O) groups is 2. The molecule has 2 aliphatic rings. The minimum atomic E-state index is -0.806. The van der Waals surface area contributed by atoms with E-state index >= 15 is 0 Å². The number of ether oxygens (including phenoxy) is 1. The molecule has 2 fully saturated rings. The van der Waals surface area contributed by atoms with Crippen LogP contribution in [0.1, 0.15) is 46.0 Å². The third-order valence-corrected chi connectivity index (χ3v) is 4.71. The van der Waals surface area contributed by atoms with Crippen molar-refractivity contribution in [2.75, 3.05) is 13.2 Å². The topological polar surface area (TPSA) is 66.8 Å². The molecule has 5 heteroatoms. The molecular formula is C15H25NO4. The normalized spacial score (nSPS) is 31.8. The molecule has 0 aromatic carbocycles. The Kier molecular flexibility index (Phi) is 5.02. The molecule has 1 saturated carbocycles. The van der Waals surface area contributed by atoms with Gasteiger partial charge < -0.3 is 14.7 Å². The van der Waals surface area contributed by atoms with Gasteiger partial charge in [0.2, 0.25) is 5.91 Å². The summed E-state index contributed by atoms with van der Waals surface area (Å²) in [6.45, 7) is 4.70. The van der Waals surface area contributed by atoms with Crippen molar-refractivity contribution in [1.82, 2.24) is 4.90 Å². The number of rotatable bonds is 5. The lowest BCUT2D eigenvalue weighted by Crippen LogP contribution is -2.53. The van der Waals surface area contributed by atoms with E-state index in [1.807, 2.05) is 13.8 Å². The van der Waals surface area contributed by atoms with Gasteiger partial charge in [-0.1, -0.05) is 19.8 Å². The van der Waals surface area contributed by atoms with Gasteiger partial charge in [-0.3, -0.25) is 9.59 Å². The highest BCUT2D eigenvalue weighted by molar-refractivity contribution is 5.81. The first kappa shape index (κ1) is 15.3. The maximum Gasteiger partial charge on any atom is 0.308 e. The molecule has 5 nitrogen and oxygen atoms in total. The summed E-state index contributed by atoms with van der Waals surface area (Å²) in [6, 6.07) is -0.254. The summed E-state index contributed by atoms with van der Waals surface area (Å²) in [7, 11) is 0. The average molecular weight is 283 g/mol. The first-order valence-corrected chi connectivity index (χ1v) is 7.64. The summed E-state index contributed by atoms with van der Waals surface area (Å²) in [5.74, 6) is -1.32. The minimum Gasteiger partial charge on any atom is -0.481 e. The molecule has 1 N–H and O–H groups in total. The average Bonchev–Trinajstić information content (AvgIpc) is 2.85. The van der Waals surface area contributed by atoms with Gasteiger partial charge in [-0.05, 0) is 25.7 Å². The molecule has 0 radical (unpaired) electrons. The Morgan fingerprint density at radius 1 is 1.35 bits per heavy atom. The largest absolute Gasteiger partial charge is 0.481 e. The number of hydrogen-bond donors (Lipinski definition) is 1. The Morgan fingerprint density at radius 3 is 2.60 bits per heavy atom. The number of likely N-dealkylation sites (tertiary alicyclic amines) is 1. The van der Waals surface area contributed by atoms with E-state index in [4.69, 9.17) is 4.74 Å². The minimum absolute atomic E-state index is 0.0533. The zero-order valence-corrected chi connectivity index (χ0v) is 12.4. The molecular weight excluding hydrogens is 258 g/mol. The van der Waals surface area contributed by atoms with Crippen molar-refractivity contribution in [2.45, 2.75) is 58.1 Å². The van der Waals surface area contributed by atoms with E-state index in [9.17, 15) is 14.7 Å². The SMILES string of the molecule is CC1CC(=O)N(CCOC2CCCC2)C(C)C1C(=O)O. The van der Waals surface area contributed by atoms with Crippen molar-refractivity contribution in [3.8, 4) is 0 Å². The van der Waals surface area contributed by atoms with E-state index in [-0.39, 0.29) is 17.9 Å². The maximum atomic E-state index is 12.1. The predicted octanol–water partition coefficient (Wildman–Crippen LogP) is 1.90. The van der Waals surface area contributed by atoms with Crippen LogP contribution in [0.15, 0.2) is 0 Å². The highest BCUT2D eigenvalue weighted by Crippen LogP contribution is 2.30. The molecule has 3 atom stereocenters. The molecule has 0 bridgehead atoms. The second-order valence-electron chi connectivity index (χ2n) is 6.15. The molecule has 2 rings (SSSR count). The van der Waals surface area contributed by atoms with Crippen LogP contribution in [-0.4, -0.2) is 47.2 Å². The first-order valence-electron chi connectivity index (χ1n) is 7.64. The molecule has 0 aromatic heterocycles. The molecule has 0 aromatic rings. The molecule has 1 amide bonds. The maximum absolute atomic E-state index is 12.1. The Balaban J connectivity index is 1.88. The number of nitrogens with zero attached hydrogens (tertiary/aromatic N) is 1. The fourth-order valence-electron chi connectivity index (χ4n) is 3.57. The van der Waals surface area contributed by atoms with Crippen LogP contribution in [0, 0.1) is 11.8 Å². The quantitative estimate of drug-likeness (QED) is 0.837. The molecule has 0 spiro atoms. The van der Waals surface area contributed by atoms with Crippen molar-refractivity contribution in [3.63, 3.8) is 0 Å². The molecule has 1 saturated heterocycles. The number of carbonyl (C=O) groups excluding carboxylic acids is 1. The second-order valence-corrected chi connectivity index (χ2v) is 6.15. The fraction of sp³-hybridized carbons (Fsp3) is 0.867. The van der Waals surface area contributed by atoms with Crippen molar-refractivity contribution in [3.05, 3.63) is 0 Å². The second kappa shape index (κ2) is 6.57. The molecule has 20 heavy (non-hydrogen) atoms. The zero-order valence-electron chi connectivity index (χ0n) is 12.4. The summed E-state index contributed by atoms with van der Waals surface area (Å²) < 4.78 is 5.78. The molecule has 1 aliphatic heterocycles. The third-order valence-electron chi connectivity index (χ3n) is 4.71. The number of amides is 1. The Morgan fingerprint density at radius 2 is 2.00 bits per heavy atom. The van der Waals surface area contributed by atoms with Crippen molar-refractivity contribution in [1.29, 1.82) is 0 Å². The third kappa shape index (κ3) is 3.32. The smallest absolute Gasteiger partial charge is 0.308 e. The highest BCUT2D eigenvalue weighted by atomic mass is 16.5. The fourth-order valence-corrected chi connectivity index (χ4v) is 3.57.